The van der Waals surface area contributed by atoms with Crippen molar-refractivity contribution in [1.29, 1.82) is 0 Å². The van der Waals surface area contributed by atoms with E-state index in [9.17, 15) is 0 Å². The molecule has 0 atom stereocenters. The molecule has 1 saturated heterocycles. The molecule has 5 heterocycles. The maximum atomic E-state index is 6.21. The number of aromatic nitrogens is 4. The zero-order chi connectivity index (χ0) is 17.4. The van der Waals surface area contributed by atoms with E-state index < -0.39 is 0 Å². The summed E-state index contributed by atoms with van der Waals surface area (Å²) in [6, 6.07) is 5.90. The molecular formula is C19H21N5O2. The third-order valence-electron chi connectivity index (χ3n) is 5.48. The fourth-order valence-electron chi connectivity index (χ4n) is 4.05. The van der Waals surface area contributed by atoms with Crippen LogP contribution in [0.3, 0.4) is 0 Å². The van der Waals surface area contributed by atoms with Crippen LogP contribution in [0, 0.1) is 0 Å². The van der Waals surface area contributed by atoms with Crippen LogP contribution in [0.2, 0.25) is 0 Å². The lowest BCUT2D eigenvalue weighted by Gasteiger charge is -2.43. The zero-order valence-electron chi connectivity index (χ0n) is 14.5. The van der Waals surface area contributed by atoms with Crippen LogP contribution in [-0.4, -0.2) is 44.9 Å². The van der Waals surface area contributed by atoms with Crippen LogP contribution in [-0.2, 0) is 23.3 Å². The monoisotopic (exact) mass is 351 g/mol. The molecule has 0 aromatic carbocycles. The van der Waals surface area contributed by atoms with Crippen LogP contribution in [0.1, 0.15) is 29.9 Å². The van der Waals surface area contributed by atoms with Gasteiger partial charge in [0.1, 0.15) is 11.3 Å². The molecule has 0 radical (unpaired) electrons. The largest absolute Gasteiger partial charge is 0.368 e. The van der Waals surface area contributed by atoms with Gasteiger partial charge >= 0.3 is 0 Å². The number of nitrogens with one attached hydrogen (secondary N) is 1. The van der Waals surface area contributed by atoms with Crippen molar-refractivity contribution < 1.29 is 9.26 Å². The first kappa shape index (κ1) is 15.7. The molecule has 1 spiro atoms. The Balaban J connectivity index is 1.26. The number of H-pyrrole nitrogens is 1. The lowest BCUT2D eigenvalue weighted by atomic mass is 9.84. The molecule has 7 nitrogen and oxygen atoms in total. The molecule has 0 amide bonds. The summed E-state index contributed by atoms with van der Waals surface area (Å²) >= 11 is 0. The normalized spacial score (nSPS) is 19.5. The average molecular weight is 351 g/mol. The van der Waals surface area contributed by atoms with Crippen LogP contribution in [0.25, 0.3) is 11.3 Å². The lowest BCUT2D eigenvalue weighted by Crippen LogP contribution is -2.46. The molecule has 1 fully saturated rings. The van der Waals surface area contributed by atoms with Gasteiger partial charge in [0.25, 0.3) is 0 Å². The molecule has 3 aromatic heterocycles. The lowest BCUT2D eigenvalue weighted by molar-refractivity contribution is -0.102. The molecule has 5 rings (SSSR count). The molecule has 0 bridgehead atoms. The van der Waals surface area contributed by atoms with Gasteiger partial charge in [0.2, 0.25) is 0 Å². The first-order chi connectivity index (χ1) is 12.8. The highest BCUT2D eigenvalue weighted by atomic mass is 16.5. The Morgan fingerprint density at radius 1 is 1.23 bits per heavy atom. The number of aromatic amines is 1. The maximum absolute atomic E-state index is 6.21. The number of rotatable bonds is 3. The topological polar surface area (TPSA) is 80.1 Å². The van der Waals surface area contributed by atoms with Crippen molar-refractivity contribution in [3.8, 4) is 11.3 Å². The average Bonchev–Trinajstić information content (AvgIpc) is 3.35. The van der Waals surface area contributed by atoms with E-state index in [1.54, 1.807) is 12.4 Å². The highest BCUT2D eigenvalue weighted by Gasteiger charge is 2.42. The summed E-state index contributed by atoms with van der Waals surface area (Å²) in [5, 5.41) is 11.6. The quantitative estimate of drug-likeness (QED) is 0.781. The SMILES string of the molecule is c1cncc(-c2cc(CN3CCC4(CC3)OCCc3cn[nH]c34)on2)c1. The van der Waals surface area contributed by atoms with Gasteiger partial charge in [0.05, 0.1) is 25.0 Å². The Morgan fingerprint density at radius 2 is 2.15 bits per heavy atom. The summed E-state index contributed by atoms with van der Waals surface area (Å²) < 4.78 is 11.7. The van der Waals surface area contributed by atoms with Crippen molar-refractivity contribution in [3.63, 3.8) is 0 Å². The Labute approximate surface area is 151 Å². The minimum absolute atomic E-state index is 0.192. The van der Waals surface area contributed by atoms with Crippen molar-refractivity contribution in [2.75, 3.05) is 19.7 Å². The van der Waals surface area contributed by atoms with Gasteiger partial charge in [-0.25, -0.2) is 0 Å². The predicted molar refractivity (Wildman–Crippen MR) is 94.2 cm³/mol. The highest BCUT2D eigenvalue weighted by Crippen LogP contribution is 2.40. The second kappa shape index (κ2) is 6.34. The number of pyridine rings is 1. The highest BCUT2D eigenvalue weighted by molar-refractivity contribution is 5.57. The molecule has 2 aliphatic rings. The van der Waals surface area contributed by atoms with Crippen LogP contribution in [0.15, 0.2) is 41.3 Å². The zero-order valence-corrected chi connectivity index (χ0v) is 14.5. The number of nitrogens with zero attached hydrogens (tertiary/aromatic N) is 4. The van der Waals surface area contributed by atoms with E-state index in [0.717, 1.165) is 62.5 Å². The number of piperidine rings is 1. The van der Waals surface area contributed by atoms with Gasteiger partial charge in [-0.2, -0.15) is 5.10 Å². The van der Waals surface area contributed by atoms with Crippen molar-refractivity contribution in [1.82, 2.24) is 25.2 Å². The first-order valence-electron chi connectivity index (χ1n) is 9.07. The van der Waals surface area contributed by atoms with E-state index >= 15 is 0 Å². The van der Waals surface area contributed by atoms with Crippen LogP contribution < -0.4 is 0 Å². The molecule has 2 aliphatic heterocycles. The molecule has 7 heteroatoms. The molecule has 0 saturated carbocycles. The Hall–Kier alpha value is -2.51. The summed E-state index contributed by atoms with van der Waals surface area (Å²) in [5.41, 5.74) is 4.10. The summed E-state index contributed by atoms with van der Waals surface area (Å²) in [6.45, 7) is 3.46. The van der Waals surface area contributed by atoms with Gasteiger partial charge in [-0.3, -0.25) is 15.0 Å². The second-order valence-corrected chi connectivity index (χ2v) is 7.06. The van der Waals surface area contributed by atoms with Crippen LogP contribution in [0.5, 0.6) is 0 Å². The van der Waals surface area contributed by atoms with Crippen LogP contribution in [0.4, 0.5) is 0 Å². The van der Waals surface area contributed by atoms with Crippen molar-refractivity contribution in [2.24, 2.45) is 0 Å². The number of ether oxygens (including phenoxy) is 1. The predicted octanol–water partition coefficient (Wildman–Crippen LogP) is 2.52. The van der Waals surface area contributed by atoms with E-state index in [0.29, 0.717) is 0 Å². The first-order valence-corrected chi connectivity index (χ1v) is 9.07. The van der Waals surface area contributed by atoms with Gasteiger partial charge < -0.3 is 9.26 Å². The molecule has 0 aliphatic carbocycles. The van der Waals surface area contributed by atoms with Crippen molar-refractivity contribution in [2.45, 2.75) is 31.4 Å². The number of hydrogen-bond acceptors (Lipinski definition) is 6. The third kappa shape index (κ3) is 2.73. The van der Waals surface area contributed by atoms with E-state index in [1.165, 1.54) is 11.3 Å². The number of likely N-dealkylation sites (tertiary alicyclic amines) is 1. The molecular weight excluding hydrogens is 330 g/mol. The van der Waals surface area contributed by atoms with Crippen molar-refractivity contribution in [3.05, 3.63) is 53.8 Å². The molecule has 134 valence electrons. The summed E-state index contributed by atoms with van der Waals surface area (Å²) in [7, 11) is 0. The summed E-state index contributed by atoms with van der Waals surface area (Å²) in [5.74, 6) is 0.881. The van der Waals surface area contributed by atoms with Gasteiger partial charge in [0.15, 0.2) is 5.76 Å². The number of hydrogen-bond donors (Lipinski definition) is 1. The summed E-state index contributed by atoms with van der Waals surface area (Å²) in [4.78, 5) is 6.53. The fraction of sp³-hybridized carbons (Fsp3) is 0.421. The maximum Gasteiger partial charge on any atom is 0.151 e. The van der Waals surface area contributed by atoms with Gasteiger partial charge in [0, 0.05) is 37.1 Å². The summed E-state index contributed by atoms with van der Waals surface area (Å²) in [6.07, 6.45) is 8.38. The third-order valence-corrected chi connectivity index (χ3v) is 5.48. The van der Waals surface area contributed by atoms with Gasteiger partial charge in [-0.15, -0.1) is 0 Å². The smallest absolute Gasteiger partial charge is 0.151 e. The molecule has 3 aromatic rings. The minimum atomic E-state index is -0.192. The Morgan fingerprint density at radius 3 is 3.00 bits per heavy atom. The van der Waals surface area contributed by atoms with Gasteiger partial charge in [-0.05, 0) is 37.0 Å². The van der Waals surface area contributed by atoms with E-state index in [1.807, 2.05) is 24.4 Å². The van der Waals surface area contributed by atoms with Crippen molar-refractivity contribution >= 4 is 0 Å². The molecule has 26 heavy (non-hydrogen) atoms. The van der Waals surface area contributed by atoms with Gasteiger partial charge in [-0.1, -0.05) is 5.16 Å². The Kier molecular flexibility index (Phi) is 3.83. The van der Waals surface area contributed by atoms with Crippen LogP contribution >= 0.6 is 0 Å². The second-order valence-electron chi connectivity index (χ2n) is 7.06. The fourth-order valence-corrected chi connectivity index (χ4v) is 4.05. The Bertz CT molecular complexity index is 880. The minimum Gasteiger partial charge on any atom is -0.368 e. The molecule has 0 unspecified atom stereocenters. The van der Waals surface area contributed by atoms with E-state index in [2.05, 4.69) is 25.2 Å². The standard InChI is InChI=1S/C19H21N5O2/c1-2-14(11-20-6-1)17-10-16(26-23-17)13-24-7-4-19(5-8-24)18-15(3-9-25-19)12-21-22-18/h1-2,6,10-12H,3-5,7-9,13H2,(H,21,22). The molecule has 1 N–H and O–H groups in total. The number of fused-ring (bicyclic) bond motifs is 2. The van der Waals surface area contributed by atoms with E-state index in [4.69, 9.17) is 9.26 Å². The van der Waals surface area contributed by atoms with E-state index in [-0.39, 0.29) is 5.60 Å².